The third-order valence-corrected chi connectivity index (χ3v) is 2.39. The van der Waals surface area contributed by atoms with Crippen LogP contribution in [0.15, 0.2) is 35.5 Å². The summed E-state index contributed by atoms with van der Waals surface area (Å²) in [4.78, 5) is 0. The monoisotopic (exact) mass is 192 g/mol. The van der Waals surface area contributed by atoms with Crippen molar-refractivity contribution in [1.29, 1.82) is 0 Å². The molecule has 2 aliphatic rings. The van der Waals surface area contributed by atoms with Gasteiger partial charge in [-0.3, -0.25) is 0 Å². The average Bonchev–Trinajstić information content (AvgIpc) is 2.45. The molecule has 0 spiro atoms. The van der Waals surface area contributed by atoms with Crippen molar-refractivity contribution >= 4 is 0 Å². The average molecular weight is 192 g/mol. The number of ether oxygens (including phenoxy) is 1. The van der Waals surface area contributed by atoms with Crippen LogP contribution >= 0.6 is 0 Å². The van der Waals surface area contributed by atoms with E-state index in [4.69, 9.17) is 4.74 Å². The number of allylic oxidation sites excluding steroid dienone is 3. The number of hydrogen-bond acceptors (Lipinski definition) is 1. The maximum absolute atomic E-state index is 5.39. The highest BCUT2D eigenvalue weighted by Crippen LogP contribution is 2.22. The Bertz CT molecular complexity index is 232. The lowest BCUT2D eigenvalue weighted by atomic mass is 10.0. The molecule has 0 saturated carbocycles. The summed E-state index contributed by atoms with van der Waals surface area (Å²) in [6.45, 7) is 7.88. The highest BCUT2D eigenvalue weighted by Gasteiger charge is 2.10. The molecule has 1 aliphatic heterocycles. The topological polar surface area (TPSA) is 9.23 Å². The Kier molecular flexibility index (Phi) is 4.68. The van der Waals surface area contributed by atoms with E-state index in [9.17, 15) is 0 Å². The normalized spacial score (nSPS) is 24.9. The number of rotatable bonds is 0. The number of hydrogen-bond donors (Lipinski definition) is 0. The molecule has 0 amide bonds. The highest BCUT2D eigenvalue weighted by molar-refractivity contribution is 5.38. The van der Waals surface area contributed by atoms with Gasteiger partial charge in [-0.2, -0.15) is 0 Å². The fourth-order valence-electron chi connectivity index (χ4n) is 1.56. The predicted octanol–water partition coefficient (Wildman–Crippen LogP) is 3.49. The van der Waals surface area contributed by atoms with E-state index in [1.54, 1.807) is 0 Å². The van der Waals surface area contributed by atoms with Gasteiger partial charge in [0, 0.05) is 0 Å². The fraction of sp³-hybridized carbons (Fsp3) is 0.538. The van der Waals surface area contributed by atoms with Crippen LogP contribution in [-0.2, 0) is 4.74 Å². The van der Waals surface area contributed by atoms with Crippen molar-refractivity contribution in [1.82, 2.24) is 0 Å². The molecule has 0 aromatic heterocycles. The lowest BCUT2D eigenvalue weighted by Gasteiger charge is -2.15. The molecule has 1 atom stereocenters. The fourth-order valence-corrected chi connectivity index (χ4v) is 1.56. The van der Waals surface area contributed by atoms with Gasteiger partial charge in [0.1, 0.15) is 0 Å². The van der Waals surface area contributed by atoms with Gasteiger partial charge in [-0.15, -0.1) is 0 Å². The third-order valence-electron chi connectivity index (χ3n) is 2.39. The molecule has 0 radical (unpaired) electrons. The first-order valence-corrected chi connectivity index (χ1v) is 5.52. The zero-order valence-corrected chi connectivity index (χ0v) is 9.42. The summed E-state index contributed by atoms with van der Waals surface area (Å²) in [5.74, 6) is 0.565. The third kappa shape index (κ3) is 2.85. The zero-order valence-electron chi connectivity index (χ0n) is 9.42. The maximum Gasteiger partial charge on any atom is 0.0719 e. The van der Waals surface area contributed by atoms with E-state index in [1.165, 1.54) is 11.1 Å². The molecule has 0 fully saturated rings. The van der Waals surface area contributed by atoms with Crippen LogP contribution in [0.3, 0.4) is 0 Å². The van der Waals surface area contributed by atoms with Crippen molar-refractivity contribution in [2.45, 2.75) is 27.2 Å². The van der Waals surface area contributed by atoms with Gasteiger partial charge in [0.15, 0.2) is 0 Å². The predicted molar refractivity (Wildman–Crippen MR) is 61.3 cm³/mol. The van der Waals surface area contributed by atoms with Crippen molar-refractivity contribution in [2.75, 3.05) is 13.2 Å². The Labute approximate surface area is 87.2 Å². The van der Waals surface area contributed by atoms with Crippen molar-refractivity contribution in [3.63, 3.8) is 0 Å². The molecular weight excluding hydrogens is 172 g/mol. The molecule has 1 aliphatic carbocycles. The highest BCUT2D eigenvalue weighted by atomic mass is 16.5. The quantitative estimate of drug-likeness (QED) is 0.571. The molecule has 0 bridgehead atoms. The summed E-state index contributed by atoms with van der Waals surface area (Å²) < 4.78 is 5.39. The molecule has 1 heterocycles. The van der Waals surface area contributed by atoms with Crippen LogP contribution in [0, 0.1) is 5.92 Å². The molecule has 1 nitrogen and oxygen atoms in total. The Balaban J connectivity index is 0.000000461. The van der Waals surface area contributed by atoms with E-state index in [-0.39, 0.29) is 0 Å². The van der Waals surface area contributed by atoms with Crippen molar-refractivity contribution in [3.05, 3.63) is 35.5 Å². The molecule has 0 aromatic carbocycles. The molecule has 2 rings (SSSR count). The summed E-state index contributed by atoms with van der Waals surface area (Å²) in [6.07, 6.45) is 10.0. The van der Waals surface area contributed by atoms with Crippen molar-refractivity contribution in [2.24, 2.45) is 5.92 Å². The van der Waals surface area contributed by atoms with E-state index in [2.05, 4.69) is 31.2 Å². The van der Waals surface area contributed by atoms with Crippen LogP contribution in [0.2, 0.25) is 0 Å². The Morgan fingerprint density at radius 3 is 2.50 bits per heavy atom. The van der Waals surface area contributed by atoms with E-state index in [0.29, 0.717) is 5.92 Å². The first-order valence-electron chi connectivity index (χ1n) is 5.52. The van der Waals surface area contributed by atoms with Crippen LogP contribution in [0.25, 0.3) is 0 Å². The molecular formula is C13H20O. The lowest BCUT2D eigenvalue weighted by Crippen LogP contribution is -2.08. The molecule has 1 heteroatoms. The molecule has 14 heavy (non-hydrogen) atoms. The van der Waals surface area contributed by atoms with Crippen LogP contribution in [0.4, 0.5) is 0 Å². The van der Waals surface area contributed by atoms with Gasteiger partial charge in [0.2, 0.25) is 0 Å². The van der Waals surface area contributed by atoms with Gasteiger partial charge >= 0.3 is 0 Å². The van der Waals surface area contributed by atoms with Crippen LogP contribution in [0.1, 0.15) is 27.2 Å². The van der Waals surface area contributed by atoms with E-state index in [1.807, 2.05) is 13.8 Å². The minimum Gasteiger partial charge on any atom is -0.376 e. The second-order valence-corrected chi connectivity index (χ2v) is 3.43. The summed E-state index contributed by atoms with van der Waals surface area (Å²) in [5.41, 5.74) is 2.82. The maximum atomic E-state index is 5.39. The van der Waals surface area contributed by atoms with Gasteiger partial charge in [-0.25, -0.2) is 0 Å². The Hall–Kier alpha value is -0.820. The lowest BCUT2D eigenvalue weighted by molar-refractivity contribution is 0.150. The van der Waals surface area contributed by atoms with Gasteiger partial charge < -0.3 is 4.74 Å². The minimum atomic E-state index is 0.565. The van der Waals surface area contributed by atoms with Crippen molar-refractivity contribution in [3.8, 4) is 0 Å². The first kappa shape index (κ1) is 11.3. The second kappa shape index (κ2) is 5.82. The van der Waals surface area contributed by atoms with E-state index in [0.717, 1.165) is 19.6 Å². The molecule has 0 aromatic rings. The molecule has 0 saturated heterocycles. The van der Waals surface area contributed by atoms with Gasteiger partial charge in [0.25, 0.3) is 0 Å². The molecule has 0 N–H and O–H groups in total. The van der Waals surface area contributed by atoms with Gasteiger partial charge in [-0.05, 0) is 23.5 Å². The minimum absolute atomic E-state index is 0.565. The summed E-state index contributed by atoms with van der Waals surface area (Å²) in [6, 6.07) is 0. The van der Waals surface area contributed by atoms with Crippen molar-refractivity contribution < 1.29 is 4.74 Å². The Morgan fingerprint density at radius 2 is 1.79 bits per heavy atom. The Morgan fingerprint density at radius 1 is 1.14 bits per heavy atom. The van der Waals surface area contributed by atoms with Crippen LogP contribution in [0.5, 0.6) is 0 Å². The van der Waals surface area contributed by atoms with Crippen LogP contribution < -0.4 is 0 Å². The SMILES string of the molecule is CC.CC1C=CC2=C(C=C1)COCC2. The zero-order chi connectivity index (χ0) is 10.4. The summed E-state index contributed by atoms with van der Waals surface area (Å²) in [5, 5.41) is 0. The summed E-state index contributed by atoms with van der Waals surface area (Å²) >= 11 is 0. The molecule has 1 unspecified atom stereocenters. The smallest absolute Gasteiger partial charge is 0.0719 e. The van der Waals surface area contributed by atoms with Gasteiger partial charge in [-0.1, -0.05) is 45.1 Å². The largest absolute Gasteiger partial charge is 0.376 e. The standard InChI is InChI=1S/C11H14O.C2H6/c1-9-2-4-10-6-7-12-8-11(10)5-3-9;1-2/h2-5,9H,6-8H2,1H3;1-2H3. The summed E-state index contributed by atoms with van der Waals surface area (Å²) in [7, 11) is 0. The van der Waals surface area contributed by atoms with Gasteiger partial charge in [0.05, 0.1) is 13.2 Å². The van der Waals surface area contributed by atoms with E-state index < -0.39 is 0 Å². The molecule has 78 valence electrons. The van der Waals surface area contributed by atoms with E-state index >= 15 is 0 Å². The second-order valence-electron chi connectivity index (χ2n) is 3.43. The first-order chi connectivity index (χ1) is 6.86. The van der Waals surface area contributed by atoms with Crippen LogP contribution in [-0.4, -0.2) is 13.2 Å².